The summed E-state index contributed by atoms with van der Waals surface area (Å²) in [5, 5.41) is 3.67. The zero-order chi connectivity index (χ0) is 21.4. The van der Waals surface area contributed by atoms with Crippen LogP contribution in [0.2, 0.25) is 5.02 Å². The van der Waals surface area contributed by atoms with Crippen LogP contribution in [0.3, 0.4) is 0 Å². The number of nitrogens with one attached hydrogen (secondary N) is 1. The molecule has 0 aromatic heterocycles. The summed E-state index contributed by atoms with van der Waals surface area (Å²) in [6.07, 6.45) is 1.58. The highest BCUT2D eigenvalue weighted by atomic mass is 35.5. The summed E-state index contributed by atoms with van der Waals surface area (Å²) in [5.74, 6) is -0.176. The number of carbonyl (C=O) groups excluding carboxylic acids is 2. The average molecular weight is 415 g/mol. The highest BCUT2D eigenvalue weighted by molar-refractivity contribution is 6.30. The normalized spacial score (nSPS) is 12.3. The average Bonchev–Trinajstić information content (AvgIpc) is 2.64. The van der Waals surface area contributed by atoms with Crippen LogP contribution in [0.4, 0.5) is 0 Å². The van der Waals surface area contributed by atoms with Crippen LogP contribution in [0.25, 0.3) is 0 Å². The van der Waals surface area contributed by atoms with Crippen molar-refractivity contribution >= 4 is 23.4 Å². The number of nitrogens with zero attached hydrogens (tertiary/aromatic N) is 1. The molecule has 156 valence electrons. The van der Waals surface area contributed by atoms with E-state index in [4.69, 9.17) is 11.6 Å². The molecule has 4 nitrogen and oxygen atoms in total. The Morgan fingerprint density at radius 2 is 1.69 bits per heavy atom. The maximum Gasteiger partial charge on any atom is 0.243 e. The van der Waals surface area contributed by atoms with Gasteiger partial charge in [0.15, 0.2) is 0 Å². The van der Waals surface area contributed by atoms with Gasteiger partial charge in [0.05, 0.1) is 0 Å². The van der Waals surface area contributed by atoms with Gasteiger partial charge in [-0.15, -0.1) is 0 Å². The molecule has 0 heterocycles. The Morgan fingerprint density at radius 3 is 2.28 bits per heavy atom. The molecule has 0 aliphatic heterocycles. The number of halogens is 1. The van der Waals surface area contributed by atoms with Crippen LogP contribution in [-0.2, 0) is 22.6 Å². The summed E-state index contributed by atoms with van der Waals surface area (Å²) in [4.78, 5) is 28.0. The monoisotopic (exact) mass is 414 g/mol. The molecule has 0 unspecified atom stereocenters. The van der Waals surface area contributed by atoms with E-state index in [9.17, 15) is 9.59 Å². The number of benzene rings is 2. The van der Waals surface area contributed by atoms with Crippen LogP contribution >= 0.6 is 11.6 Å². The third-order valence-corrected chi connectivity index (χ3v) is 4.71. The number of carbonyl (C=O) groups is 2. The molecule has 0 saturated carbocycles. The van der Waals surface area contributed by atoms with E-state index in [0.717, 1.165) is 17.5 Å². The molecule has 0 spiro atoms. The first kappa shape index (κ1) is 23.0. The third-order valence-electron chi connectivity index (χ3n) is 4.48. The molecule has 2 rings (SSSR count). The molecule has 0 fully saturated rings. The minimum atomic E-state index is -0.602. The Morgan fingerprint density at radius 1 is 1.03 bits per heavy atom. The summed E-state index contributed by atoms with van der Waals surface area (Å²) in [6.45, 7) is 8.14. The maximum atomic E-state index is 13.2. The second-order valence-electron chi connectivity index (χ2n) is 8.35. The Hall–Kier alpha value is -2.33. The van der Waals surface area contributed by atoms with E-state index in [1.807, 2.05) is 76.2 Å². The van der Waals surface area contributed by atoms with Gasteiger partial charge in [0.2, 0.25) is 11.8 Å². The summed E-state index contributed by atoms with van der Waals surface area (Å²) in [7, 11) is 0. The molecule has 5 heteroatoms. The van der Waals surface area contributed by atoms with E-state index < -0.39 is 6.04 Å². The van der Waals surface area contributed by atoms with Gasteiger partial charge in [0, 0.05) is 29.9 Å². The van der Waals surface area contributed by atoms with Crippen molar-refractivity contribution in [2.75, 3.05) is 0 Å². The van der Waals surface area contributed by atoms with Gasteiger partial charge < -0.3 is 10.2 Å². The maximum absolute atomic E-state index is 13.2. The van der Waals surface area contributed by atoms with Crippen molar-refractivity contribution in [2.45, 2.75) is 65.1 Å². The predicted molar refractivity (Wildman–Crippen MR) is 119 cm³/mol. The van der Waals surface area contributed by atoms with E-state index in [1.54, 1.807) is 11.0 Å². The Labute approximate surface area is 179 Å². The fourth-order valence-electron chi connectivity index (χ4n) is 3.20. The Bertz CT molecular complexity index is 815. The minimum Gasteiger partial charge on any atom is -0.350 e. The lowest BCUT2D eigenvalue weighted by Gasteiger charge is -2.34. The number of hydrogen-bond acceptors (Lipinski definition) is 2. The SMILES string of the molecule is CCCC(=O)N(Cc1cccc(Cl)c1)[C@@H](Cc1ccccc1)C(=O)NC(C)(C)C. The van der Waals surface area contributed by atoms with Crippen molar-refractivity contribution < 1.29 is 9.59 Å². The summed E-state index contributed by atoms with van der Waals surface area (Å²) >= 11 is 6.15. The molecule has 29 heavy (non-hydrogen) atoms. The molecule has 0 aliphatic carbocycles. The zero-order valence-corrected chi connectivity index (χ0v) is 18.5. The van der Waals surface area contributed by atoms with Crippen molar-refractivity contribution in [1.29, 1.82) is 0 Å². The molecule has 2 aromatic carbocycles. The first-order valence-corrected chi connectivity index (χ1v) is 10.5. The lowest BCUT2D eigenvalue weighted by molar-refractivity contribution is -0.142. The van der Waals surface area contributed by atoms with E-state index in [-0.39, 0.29) is 17.4 Å². The zero-order valence-electron chi connectivity index (χ0n) is 17.7. The quantitative estimate of drug-likeness (QED) is 0.661. The van der Waals surface area contributed by atoms with E-state index in [0.29, 0.717) is 24.4 Å². The molecule has 1 N–H and O–H groups in total. The topological polar surface area (TPSA) is 49.4 Å². The lowest BCUT2D eigenvalue weighted by atomic mass is 10.00. The molecule has 0 radical (unpaired) electrons. The number of hydrogen-bond donors (Lipinski definition) is 1. The van der Waals surface area contributed by atoms with Crippen LogP contribution < -0.4 is 5.32 Å². The molecule has 2 amide bonds. The molecule has 0 bridgehead atoms. The summed E-state index contributed by atoms with van der Waals surface area (Å²) < 4.78 is 0. The van der Waals surface area contributed by atoms with Crippen LogP contribution in [-0.4, -0.2) is 28.3 Å². The van der Waals surface area contributed by atoms with Gasteiger partial charge in [0.25, 0.3) is 0 Å². The number of amides is 2. The standard InChI is InChI=1S/C24H31ClN2O2/c1-5-10-22(28)27(17-19-13-9-14-20(25)15-19)21(23(29)26-24(2,3)4)16-18-11-7-6-8-12-18/h6-9,11-15,21H,5,10,16-17H2,1-4H3,(H,26,29)/t21-/m0/s1. The van der Waals surface area contributed by atoms with Crippen molar-refractivity contribution in [3.8, 4) is 0 Å². The van der Waals surface area contributed by atoms with Gasteiger partial charge in [-0.3, -0.25) is 9.59 Å². The minimum absolute atomic E-state index is 0.0301. The molecular weight excluding hydrogens is 384 g/mol. The van der Waals surface area contributed by atoms with Gasteiger partial charge in [-0.2, -0.15) is 0 Å². The summed E-state index contributed by atoms with van der Waals surface area (Å²) in [5.41, 5.74) is 1.53. The van der Waals surface area contributed by atoms with Crippen LogP contribution in [0.15, 0.2) is 54.6 Å². The lowest BCUT2D eigenvalue weighted by Crippen LogP contribution is -2.54. The largest absolute Gasteiger partial charge is 0.350 e. The van der Waals surface area contributed by atoms with Gasteiger partial charge in [0.1, 0.15) is 6.04 Å². The van der Waals surface area contributed by atoms with Crippen LogP contribution in [0.5, 0.6) is 0 Å². The second kappa shape index (κ2) is 10.4. The molecular formula is C24H31ClN2O2. The summed E-state index contributed by atoms with van der Waals surface area (Å²) in [6, 6.07) is 16.6. The fourth-order valence-corrected chi connectivity index (χ4v) is 3.41. The first-order chi connectivity index (χ1) is 13.7. The van der Waals surface area contributed by atoms with E-state index in [2.05, 4.69) is 5.32 Å². The molecule has 2 aromatic rings. The Balaban J connectivity index is 2.40. The first-order valence-electron chi connectivity index (χ1n) is 10.1. The highest BCUT2D eigenvalue weighted by Crippen LogP contribution is 2.19. The van der Waals surface area contributed by atoms with Crippen LogP contribution in [0.1, 0.15) is 51.7 Å². The van der Waals surface area contributed by atoms with Crippen molar-refractivity contribution in [1.82, 2.24) is 10.2 Å². The Kier molecular flexibility index (Phi) is 8.27. The number of rotatable bonds is 8. The molecule has 0 aliphatic rings. The highest BCUT2D eigenvalue weighted by Gasteiger charge is 2.31. The third kappa shape index (κ3) is 7.54. The van der Waals surface area contributed by atoms with Crippen molar-refractivity contribution in [3.63, 3.8) is 0 Å². The van der Waals surface area contributed by atoms with Gasteiger partial charge >= 0.3 is 0 Å². The second-order valence-corrected chi connectivity index (χ2v) is 8.78. The van der Waals surface area contributed by atoms with Crippen molar-refractivity contribution in [2.24, 2.45) is 0 Å². The van der Waals surface area contributed by atoms with Crippen molar-refractivity contribution in [3.05, 3.63) is 70.7 Å². The van der Waals surface area contributed by atoms with Crippen LogP contribution in [0, 0.1) is 0 Å². The molecule has 0 saturated heterocycles. The molecule has 1 atom stereocenters. The van der Waals surface area contributed by atoms with E-state index in [1.165, 1.54) is 0 Å². The van der Waals surface area contributed by atoms with Gasteiger partial charge in [-0.1, -0.05) is 61.0 Å². The predicted octanol–water partition coefficient (Wildman–Crippen LogP) is 4.99. The smallest absolute Gasteiger partial charge is 0.243 e. The van der Waals surface area contributed by atoms with Gasteiger partial charge in [-0.05, 0) is 50.5 Å². The fraction of sp³-hybridized carbons (Fsp3) is 0.417. The van der Waals surface area contributed by atoms with Gasteiger partial charge in [-0.25, -0.2) is 0 Å². The van der Waals surface area contributed by atoms with E-state index >= 15 is 0 Å².